The molecule has 0 bridgehead atoms. The van der Waals surface area contributed by atoms with Gasteiger partial charge >= 0.3 is 0 Å². The molecular formula is C17H23N3O. The Kier molecular flexibility index (Phi) is 4.91. The van der Waals surface area contributed by atoms with Crippen LogP contribution in [0.25, 0.3) is 0 Å². The lowest BCUT2D eigenvalue weighted by Gasteiger charge is -2.23. The molecule has 1 heterocycles. The number of nitrogens with one attached hydrogen (secondary N) is 1. The van der Waals surface area contributed by atoms with Crippen LogP contribution in [0.1, 0.15) is 38.4 Å². The molecule has 2 rings (SSSR count). The molecule has 0 saturated carbocycles. The summed E-state index contributed by atoms with van der Waals surface area (Å²) in [6.45, 7) is 7.37. The number of ether oxygens (including phenoxy) is 1. The van der Waals surface area contributed by atoms with Crippen molar-refractivity contribution in [1.29, 1.82) is 0 Å². The molecule has 112 valence electrons. The fraction of sp³-hybridized carbons (Fsp3) is 0.412. The Labute approximate surface area is 126 Å². The number of nitrogens with zero attached hydrogens (tertiary/aromatic N) is 2. The van der Waals surface area contributed by atoms with E-state index in [9.17, 15) is 0 Å². The number of benzene rings is 1. The van der Waals surface area contributed by atoms with Gasteiger partial charge in [0.15, 0.2) is 0 Å². The van der Waals surface area contributed by atoms with Crippen LogP contribution in [0.4, 0.5) is 0 Å². The normalized spacial score (nSPS) is 11.4. The number of aromatic nitrogens is 2. The van der Waals surface area contributed by atoms with E-state index in [2.05, 4.69) is 48.2 Å². The van der Waals surface area contributed by atoms with Gasteiger partial charge in [0.05, 0.1) is 11.9 Å². The largest absolute Gasteiger partial charge is 0.437 e. The highest BCUT2D eigenvalue weighted by molar-refractivity contribution is 5.33. The van der Waals surface area contributed by atoms with Crippen LogP contribution in [-0.4, -0.2) is 17.0 Å². The number of rotatable bonds is 6. The Morgan fingerprint density at radius 1 is 1.14 bits per heavy atom. The molecule has 0 atom stereocenters. The van der Waals surface area contributed by atoms with Crippen molar-refractivity contribution >= 4 is 0 Å². The van der Waals surface area contributed by atoms with Crippen molar-refractivity contribution < 1.29 is 4.74 Å². The highest BCUT2D eigenvalue weighted by Gasteiger charge is 2.17. The van der Waals surface area contributed by atoms with Gasteiger partial charge in [0, 0.05) is 12.7 Å². The molecule has 0 radical (unpaired) electrons. The molecule has 0 aliphatic carbocycles. The molecule has 0 aliphatic heterocycles. The summed E-state index contributed by atoms with van der Waals surface area (Å²) in [5.41, 5.74) is 2.36. The van der Waals surface area contributed by atoms with Crippen molar-refractivity contribution in [3.63, 3.8) is 0 Å². The maximum atomic E-state index is 5.77. The minimum atomic E-state index is 0.186. The highest BCUT2D eigenvalue weighted by Crippen LogP contribution is 2.29. The van der Waals surface area contributed by atoms with E-state index in [0.717, 1.165) is 17.9 Å². The average molecular weight is 285 g/mol. The van der Waals surface area contributed by atoms with E-state index < -0.39 is 0 Å². The van der Waals surface area contributed by atoms with Gasteiger partial charge in [-0.2, -0.15) is 0 Å². The smallest absolute Gasteiger partial charge is 0.238 e. The lowest BCUT2D eigenvalue weighted by molar-refractivity contribution is 0.454. The van der Waals surface area contributed by atoms with Crippen molar-refractivity contribution in [2.75, 3.05) is 7.05 Å². The second-order valence-electron chi connectivity index (χ2n) is 5.74. The van der Waals surface area contributed by atoms with Crippen molar-refractivity contribution in [3.8, 4) is 11.6 Å². The van der Waals surface area contributed by atoms with Crippen molar-refractivity contribution in [1.82, 2.24) is 15.3 Å². The molecule has 1 aromatic heterocycles. The first-order valence-electron chi connectivity index (χ1n) is 7.29. The predicted molar refractivity (Wildman–Crippen MR) is 84.6 cm³/mol. The van der Waals surface area contributed by atoms with E-state index in [1.165, 1.54) is 5.56 Å². The van der Waals surface area contributed by atoms with Crippen LogP contribution in [0.3, 0.4) is 0 Å². The van der Waals surface area contributed by atoms with Gasteiger partial charge in [-0.1, -0.05) is 32.9 Å². The molecular weight excluding hydrogens is 262 g/mol. The Morgan fingerprint density at radius 3 is 2.48 bits per heavy atom. The first-order chi connectivity index (χ1) is 10.0. The summed E-state index contributed by atoms with van der Waals surface area (Å²) >= 11 is 0. The minimum Gasteiger partial charge on any atom is -0.437 e. The van der Waals surface area contributed by atoms with E-state index in [4.69, 9.17) is 4.74 Å². The molecule has 2 aromatic rings. The first kappa shape index (κ1) is 15.4. The summed E-state index contributed by atoms with van der Waals surface area (Å²) in [5, 5.41) is 3.05. The van der Waals surface area contributed by atoms with E-state index >= 15 is 0 Å². The first-order valence-corrected chi connectivity index (χ1v) is 7.29. The fourth-order valence-electron chi connectivity index (χ4n) is 2.00. The highest BCUT2D eigenvalue weighted by atomic mass is 16.5. The third-order valence-electron chi connectivity index (χ3n) is 3.76. The van der Waals surface area contributed by atoms with Gasteiger partial charge in [0.2, 0.25) is 5.88 Å². The Hall–Kier alpha value is -1.94. The third kappa shape index (κ3) is 4.02. The maximum Gasteiger partial charge on any atom is 0.238 e. The Bertz CT molecular complexity index is 579. The fourth-order valence-corrected chi connectivity index (χ4v) is 2.00. The number of hydrogen-bond donors (Lipinski definition) is 1. The molecule has 21 heavy (non-hydrogen) atoms. The summed E-state index contributed by atoms with van der Waals surface area (Å²) in [7, 11) is 1.88. The van der Waals surface area contributed by atoms with Gasteiger partial charge in [-0.3, -0.25) is 4.98 Å². The lowest BCUT2D eigenvalue weighted by Crippen LogP contribution is -2.14. The van der Waals surface area contributed by atoms with Gasteiger partial charge in [-0.15, -0.1) is 0 Å². The molecule has 0 aliphatic rings. The van der Waals surface area contributed by atoms with E-state index in [-0.39, 0.29) is 5.41 Å². The second kappa shape index (κ2) is 6.68. The standard InChI is InChI=1S/C17H23N3O/c1-5-17(2,3)13-6-8-15(9-7-13)21-16-12-19-11-14(20-16)10-18-4/h6-9,11-12,18H,5,10H2,1-4H3. The van der Waals surface area contributed by atoms with Crippen LogP contribution in [0.2, 0.25) is 0 Å². The summed E-state index contributed by atoms with van der Waals surface area (Å²) in [6, 6.07) is 8.20. The maximum absolute atomic E-state index is 5.77. The third-order valence-corrected chi connectivity index (χ3v) is 3.76. The second-order valence-corrected chi connectivity index (χ2v) is 5.74. The van der Waals surface area contributed by atoms with Crippen LogP contribution in [0.5, 0.6) is 11.6 Å². The SMILES string of the molecule is CCC(C)(C)c1ccc(Oc2cncc(CNC)n2)cc1. The molecule has 0 spiro atoms. The van der Waals surface area contributed by atoms with Crippen molar-refractivity contribution in [2.45, 2.75) is 39.2 Å². The van der Waals surface area contributed by atoms with Crippen LogP contribution in [-0.2, 0) is 12.0 Å². The minimum absolute atomic E-state index is 0.186. The molecule has 0 saturated heterocycles. The topological polar surface area (TPSA) is 47.0 Å². The summed E-state index contributed by atoms with van der Waals surface area (Å²) in [6.07, 6.45) is 4.46. The molecule has 0 amide bonds. The van der Waals surface area contributed by atoms with Gasteiger partial charge in [0.1, 0.15) is 5.75 Å². The molecule has 4 nitrogen and oxygen atoms in total. The summed E-state index contributed by atoms with van der Waals surface area (Å²) < 4.78 is 5.77. The van der Waals surface area contributed by atoms with Crippen LogP contribution in [0.15, 0.2) is 36.7 Å². The molecule has 1 aromatic carbocycles. The number of hydrogen-bond acceptors (Lipinski definition) is 4. The Morgan fingerprint density at radius 2 is 1.86 bits per heavy atom. The molecule has 0 unspecified atom stereocenters. The zero-order valence-electron chi connectivity index (χ0n) is 13.2. The average Bonchev–Trinajstić information content (AvgIpc) is 2.48. The molecule has 0 fully saturated rings. The summed E-state index contributed by atoms with van der Waals surface area (Å²) in [5.74, 6) is 1.30. The molecule has 4 heteroatoms. The lowest BCUT2D eigenvalue weighted by atomic mass is 9.82. The van der Waals surface area contributed by atoms with Crippen LogP contribution >= 0.6 is 0 Å². The monoisotopic (exact) mass is 285 g/mol. The van der Waals surface area contributed by atoms with Crippen LogP contribution < -0.4 is 10.1 Å². The van der Waals surface area contributed by atoms with Crippen LogP contribution in [0, 0.1) is 0 Å². The van der Waals surface area contributed by atoms with Gasteiger partial charge in [-0.25, -0.2) is 4.98 Å². The van der Waals surface area contributed by atoms with Crippen molar-refractivity contribution in [2.24, 2.45) is 0 Å². The molecule has 1 N–H and O–H groups in total. The van der Waals surface area contributed by atoms with E-state index in [1.54, 1.807) is 12.4 Å². The van der Waals surface area contributed by atoms with Crippen molar-refractivity contribution in [3.05, 3.63) is 47.9 Å². The quantitative estimate of drug-likeness (QED) is 0.879. The zero-order chi connectivity index (χ0) is 15.3. The summed E-state index contributed by atoms with van der Waals surface area (Å²) in [4.78, 5) is 8.54. The predicted octanol–water partition coefficient (Wildman–Crippen LogP) is 3.68. The zero-order valence-corrected chi connectivity index (χ0v) is 13.2. The van der Waals surface area contributed by atoms with E-state index in [1.807, 2.05) is 19.2 Å². The Balaban J connectivity index is 2.11. The van der Waals surface area contributed by atoms with Gasteiger partial charge in [0.25, 0.3) is 0 Å². The van der Waals surface area contributed by atoms with E-state index in [0.29, 0.717) is 12.4 Å². The van der Waals surface area contributed by atoms with Gasteiger partial charge < -0.3 is 10.1 Å². The van der Waals surface area contributed by atoms with Gasteiger partial charge in [-0.05, 0) is 36.6 Å².